The monoisotopic (exact) mass is 250 g/mol. The van der Waals surface area contributed by atoms with E-state index in [1.807, 2.05) is 0 Å². The molecule has 102 valence electrons. The molecule has 1 rings (SSSR count). The van der Waals surface area contributed by atoms with Crippen molar-refractivity contribution in [2.45, 2.75) is 56.9 Å². The number of aliphatic hydroxyl groups is 4. The van der Waals surface area contributed by atoms with Crippen LogP contribution in [0, 0.1) is 0 Å². The van der Waals surface area contributed by atoms with Gasteiger partial charge in [-0.15, -0.1) is 0 Å². The molecule has 17 heavy (non-hydrogen) atoms. The van der Waals surface area contributed by atoms with Crippen molar-refractivity contribution >= 4 is 0 Å². The van der Waals surface area contributed by atoms with E-state index in [1.165, 1.54) is 0 Å². The van der Waals surface area contributed by atoms with Crippen LogP contribution in [0.2, 0.25) is 0 Å². The lowest BCUT2D eigenvalue weighted by Crippen LogP contribution is -2.59. The normalized spacial score (nSPS) is 38.3. The Morgan fingerprint density at radius 3 is 2.35 bits per heavy atom. The molecule has 5 atom stereocenters. The Morgan fingerprint density at radius 1 is 1.06 bits per heavy atom. The van der Waals surface area contributed by atoms with Crippen molar-refractivity contribution in [3.05, 3.63) is 0 Å². The van der Waals surface area contributed by atoms with Crippen molar-refractivity contribution in [1.29, 1.82) is 0 Å². The summed E-state index contributed by atoms with van der Waals surface area (Å²) in [6.45, 7) is 2.05. The van der Waals surface area contributed by atoms with E-state index in [0.717, 1.165) is 19.3 Å². The largest absolute Gasteiger partial charge is 0.394 e. The Bertz CT molecular complexity index is 210. The van der Waals surface area contributed by atoms with Crippen molar-refractivity contribution in [1.82, 2.24) is 0 Å². The molecule has 0 aliphatic carbocycles. The molecule has 4 N–H and O–H groups in total. The van der Waals surface area contributed by atoms with Gasteiger partial charge in [0.2, 0.25) is 0 Å². The van der Waals surface area contributed by atoms with Crippen molar-refractivity contribution in [3.63, 3.8) is 0 Å². The van der Waals surface area contributed by atoms with E-state index in [4.69, 9.17) is 14.6 Å². The number of hydrogen-bond donors (Lipinski definition) is 4. The molecular weight excluding hydrogens is 228 g/mol. The van der Waals surface area contributed by atoms with Crippen LogP contribution in [0.1, 0.15) is 26.2 Å². The fourth-order valence-electron chi connectivity index (χ4n) is 1.76. The second-order valence-corrected chi connectivity index (χ2v) is 4.28. The number of hydrogen-bond acceptors (Lipinski definition) is 6. The maximum Gasteiger partial charge on any atom is 0.186 e. The summed E-state index contributed by atoms with van der Waals surface area (Å²) in [5.41, 5.74) is 0. The van der Waals surface area contributed by atoms with Crippen molar-refractivity contribution in [3.8, 4) is 0 Å². The van der Waals surface area contributed by atoms with Gasteiger partial charge in [0.15, 0.2) is 6.29 Å². The standard InChI is InChI=1S/C11H22O6/c1-2-3-4-5-16-11-10(15)9(14)8(13)7(6-12)17-11/h7-15H,2-6H2,1H3/t7-,8-,9+,10-,11+/m0/s1. The smallest absolute Gasteiger partial charge is 0.186 e. The SMILES string of the molecule is CCCCCO[C@@H]1O[C@@H](CO)[C@H](O)[C@@H](O)[C@@H]1O. The van der Waals surface area contributed by atoms with Gasteiger partial charge in [-0.25, -0.2) is 0 Å². The van der Waals surface area contributed by atoms with Gasteiger partial charge in [0, 0.05) is 6.61 Å². The number of aliphatic hydroxyl groups excluding tert-OH is 4. The molecule has 0 bridgehead atoms. The van der Waals surface area contributed by atoms with Gasteiger partial charge in [-0.1, -0.05) is 19.8 Å². The Hall–Kier alpha value is -0.240. The van der Waals surface area contributed by atoms with Gasteiger partial charge < -0.3 is 29.9 Å². The van der Waals surface area contributed by atoms with Crippen LogP contribution >= 0.6 is 0 Å². The zero-order chi connectivity index (χ0) is 12.8. The lowest BCUT2D eigenvalue weighted by molar-refractivity contribution is -0.301. The van der Waals surface area contributed by atoms with E-state index in [2.05, 4.69) is 6.92 Å². The van der Waals surface area contributed by atoms with Crippen molar-refractivity contribution < 1.29 is 29.9 Å². The molecule has 1 heterocycles. The summed E-state index contributed by atoms with van der Waals surface area (Å²) >= 11 is 0. The van der Waals surface area contributed by atoms with E-state index in [0.29, 0.717) is 6.61 Å². The van der Waals surface area contributed by atoms with E-state index in [-0.39, 0.29) is 0 Å². The fraction of sp³-hybridized carbons (Fsp3) is 1.00. The summed E-state index contributed by atoms with van der Waals surface area (Å²) in [4.78, 5) is 0. The molecule has 0 amide bonds. The number of ether oxygens (including phenoxy) is 2. The molecule has 1 aliphatic rings. The Kier molecular flexibility index (Phi) is 6.32. The van der Waals surface area contributed by atoms with Gasteiger partial charge in [-0.2, -0.15) is 0 Å². The molecule has 6 heteroatoms. The van der Waals surface area contributed by atoms with Crippen molar-refractivity contribution in [2.24, 2.45) is 0 Å². The quantitative estimate of drug-likeness (QED) is 0.451. The van der Waals surface area contributed by atoms with Gasteiger partial charge in [0.25, 0.3) is 0 Å². The molecule has 0 aromatic rings. The first-order valence-corrected chi connectivity index (χ1v) is 6.04. The highest BCUT2D eigenvalue weighted by atomic mass is 16.7. The molecule has 0 saturated carbocycles. The molecule has 1 fully saturated rings. The molecule has 6 nitrogen and oxygen atoms in total. The van der Waals surface area contributed by atoms with Crippen molar-refractivity contribution in [2.75, 3.05) is 13.2 Å². The topological polar surface area (TPSA) is 99.4 Å². The van der Waals surface area contributed by atoms with Gasteiger partial charge in [0.05, 0.1) is 6.61 Å². The maximum absolute atomic E-state index is 9.64. The molecule has 1 aliphatic heterocycles. The van der Waals surface area contributed by atoms with Crippen LogP contribution in [0.4, 0.5) is 0 Å². The minimum atomic E-state index is -1.36. The molecule has 0 aromatic carbocycles. The van der Waals surface area contributed by atoms with Gasteiger partial charge in [-0.05, 0) is 6.42 Å². The van der Waals surface area contributed by atoms with E-state index in [9.17, 15) is 15.3 Å². The second kappa shape index (κ2) is 7.25. The van der Waals surface area contributed by atoms with E-state index < -0.39 is 37.3 Å². The summed E-state index contributed by atoms with van der Waals surface area (Å²) in [6.07, 6.45) is -2.98. The van der Waals surface area contributed by atoms with Gasteiger partial charge in [-0.3, -0.25) is 0 Å². The Labute approximate surface area is 101 Å². The molecule has 0 radical (unpaired) electrons. The first-order valence-electron chi connectivity index (χ1n) is 6.04. The van der Waals surface area contributed by atoms with Crippen LogP contribution in [0.5, 0.6) is 0 Å². The lowest BCUT2D eigenvalue weighted by atomic mass is 9.99. The minimum Gasteiger partial charge on any atom is -0.394 e. The van der Waals surface area contributed by atoms with E-state index in [1.54, 1.807) is 0 Å². The van der Waals surface area contributed by atoms with Crippen LogP contribution in [-0.2, 0) is 9.47 Å². The maximum atomic E-state index is 9.64. The molecule has 0 unspecified atom stereocenters. The van der Waals surface area contributed by atoms with Gasteiger partial charge in [0.1, 0.15) is 24.4 Å². The third-order valence-corrected chi connectivity index (χ3v) is 2.88. The highest BCUT2D eigenvalue weighted by Crippen LogP contribution is 2.22. The zero-order valence-corrected chi connectivity index (χ0v) is 10.0. The highest BCUT2D eigenvalue weighted by molar-refractivity contribution is 4.88. The average Bonchev–Trinajstić information content (AvgIpc) is 2.34. The molecule has 0 spiro atoms. The predicted molar refractivity (Wildman–Crippen MR) is 59.2 cm³/mol. The first kappa shape index (κ1) is 14.8. The number of rotatable bonds is 6. The zero-order valence-electron chi connectivity index (χ0n) is 10.0. The van der Waals surface area contributed by atoms with E-state index >= 15 is 0 Å². The second-order valence-electron chi connectivity index (χ2n) is 4.28. The summed E-state index contributed by atoms with van der Waals surface area (Å²) in [6, 6.07) is 0. The minimum absolute atomic E-state index is 0.413. The van der Waals surface area contributed by atoms with Crippen LogP contribution in [0.3, 0.4) is 0 Å². The summed E-state index contributed by atoms with van der Waals surface area (Å²) < 4.78 is 10.5. The molecule has 1 saturated heterocycles. The summed E-state index contributed by atoms with van der Waals surface area (Å²) in [5.74, 6) is 0. The summed E-state index contributed by atoms with van der Waals surface area (Å²) in [5, 5.41) is 37.6. The number of unbranched alkanes of at least 4 members (excludes halogenated alkanes) is 2. The molecule has 0 aromatic heterocycles. The Morgan fingerprint density at radius 2 is 1.76 bits per heavy atom. The average molecular weight is 250 g/mol. The highest BCUT2D eigenvalue weighted by Gasteiger charge is 2.43. The van der Waals surface area contributed by atoms with Gasteiger partial charge >= 0.3 is 0 Å². The van der Waals surface area contributed by atoms with Crippen LogP contribution < -0.4 is 0 Å². The third kappa shape index (κ3) is 3.87. The fourth-order valence-corrected chi connectivity index (χ4v) is 1.76. The third-order valence-electron chi connectivity index (χ3n) is 2.88. The lowest BCUT2D eigenvalue weighted by Gasteiger charge is -2.39. The summed E-state index contributed by atoms with van der Waals surface area (Å²) in [7, 11) is 0. The molecular formula is C11H22O6. The van der Waals surface area contributed by atoms with Crippen LogP contribution in [0.25, 0.3) is 0 Å². The Balaban J connectivity index is 2.42. The van der Waals surface area contributed by atoms with Crippen LogP contribution in [0.15, 0.2) is 0 Å². The first-order chi connectivity index (χ1) is 8.11. The predicted octanol–water partition coefficient (Wildman–Crippen LogP) is -1.01. The van der Waals surface area contributed by atoms with Crippen LogP contribution in [-0.4, -0.2) is 64.3 Å².